The van der Waals surface area contributed by atoms with Gasteiger partial charge in [0.15, 0.2) is 0 Å². The largest absolute Gasteiger partial charge is 0.507 e. The van der Waals surface area contributed by atoms with Crippen molar-refractivity contribution in [2.75, 3.05) is 19.1 Å². The molecular weight excluding hydrogens is 482 g/mol. The topological polar surface area (TPSA) is 85.3 Å². The Bertz CT molecular complexity index is 1310. The van der Waals surface area contributed by atoms with Gasteiger partial charge in [-0.2, -0.15) is 0 Å². The van der Waals surface area contributed by atoms with Crippen LogP contribution in [0.15, 0.2) is 72.3 Å². The van der Waals surface area contributed by atoms with E-state index < -0.39 is 17.7 Å². The predicted octanol–water partition coefficient (Wildman–Crippen LogP) is 5.77. The van der Waals surface area contributed by atoms with Crippen LogP contribution in [-0.4, -0.2) is 37.1 Å². The van der Waals surface area contributed by atoms with Gasteiger partial charge in [0, 0.05) is 11.3 Å². The molecule has 1 atom stereocenters. The van der Waals surface area contributed by atoms with Gasteiger partial charge in [0.25, 0.3) is 11.7 Å². The quantitative estimate of drug-likeness (QED) is 0.248. The van der Waals surface area contributed by atoms with Crippen molar-refractivity contribution in [1.82, 2.24) is 0 Å². The molecule has 1 N–H and O–H groups in total. The molecule has 3 aromatic rings. The molecule has 1 aliphatic rings. The number of halogens is 1. The van der Waals surface area contributed by atoms with E-state index in [4.69, 9.17) is 25.8 Å². The molecule has 0 bridgehead atoms. The van der Waals surface area contributed by atoms with Gasteiger partial charge in [0.1, 0.15) is 23.0 Å². The van der Waals surface area contributed by atoms with Crippen LogP contribution in [0.1, 0.15) is 31.0 Å². The SMILES string of the molecule is COc1ccc(N2C(=O)C(=O)/C(=C(\O)c3ccc(Cl)c(OC)c3)C2c2ccc(OC(C)C)cc2)cc1. The van der Waals surface area contributed by atoms with Crippen LogP contribution in [0.5, 0.6) is 17.2 Å². The fourth-order valence-electron chi connectivity index (χ4n) is 4.12. The zero-order chi connectivity index (χ0) is 26.0. The van der Waals surface area contributed by atoms with E-state index in [1.807, 2.05) is 13.8 Å². The van der Waals surface area contributed by atoms with Crippen LogP contribution in [0, 0.1) is 0 Å². The van der Waals surface area contributed by atoms with E-state index in [1.165, 1.54) is 18.1 Å². The first-order chi connectivity index (χ1) is 17.2. The molecule has 0 aliphatic carbocycles. The summed E-state index contributed by atoms with van der Waals surface area (Å²) in [6.45, 7) is 3.85. The van der Waals surface area contributed by atoms with Crippen molar-refractivity contribution in [1.29, 1.82) is 0 Å². The maximum absolute atomic E-state index is 13.3. The van der Waals surface area contributed by atoms with Crippen molar-refractivity contribution in [3.8, 4) is 17.2 Å². The number of hydrogen-bond acceptors (Lipinski definition) is 6. The number of aliphatic hydroxyl groups is 1. The van der Waals surface area contributed by atoms with Gasteiger partial charge >= 0.3 is 0 Å². The fraction of sp³-hybridized carbons (Fsp3) is 0.214. The van der Waals surface area contributed by atoms with Crippen LogP contribution in [0.25, 0.3) is 5.76 Å². The van der Waals surface area contributed by atoms with E-state index >= 15 is 0 Å². The maximum atomic E-state index is 13.3. The highest BCUT2D eigenvalue weighted by atomic mass is 35.5. The number of carbonyl (C=O) groups excluding carboxylic acids is 2. The molecule has 0 saturated carbocycles. The van der Waals surface area contributed by atoms with Crippen molar-refractivity contribution in [2.24, 2.45) is 0 Å². The average molecular weight is 508 g/mol. The molecule has 1 saturated heterocycles. The number of methoxy groups -OCH3 is 2. The number of Topliss-reactive ketones (excluding diaryl/α,β-unsaturated/α-hetero) is 1. The third kappa shape index (κ3) is 4.75. The molecule has 4 rings (SSSR count). The lowest BCUT2D eigenvalue weighted by molar-refractivity contribution is -0.132. The Hall–Kier alpha value is -3.97. The smallest absolute Gasteiger partial charge is 0.300 e. The first-order valence-corrected chi connectivity index (χ1v) is 11.7. The van der Waals surface area contributed by atoms with E-state index in [0.29, 0.717) is 39.1 Å². The van der Waals surface area contributed by atoms with Crippen molar-refractivity contribution < 1.29 is 28.9 Å². The highest BCUT2D eigenvalue weighted by Gasteiger charge is 2.47. The highest BCUT2D eigenvalue weighted by molar-refractivity contribution is 6.51. The predicted molar refractivity (Wildman–Crippen MR) is 138 cm³/mol. The zero-order valence-corrected chi connectivity index (χ0v) is 21.1. The second kappa shape index (κ2) is 10.3. The van der Waals surface area contributed by atoms with Crippen LogP contribution in [0.3, 0.4) is 0 Å². The lowest BCUT2D eigenvalue weighted by Gasteiger charge is -2.26. The van der Waals surface area contributed by atoms with E-state index in [9.17, 15) is 14.7 Å². The summed E-state index contributed by atoms with van der Waals surface area (Å²) < 4.78 is 16.2. The molecule has 0 radical (unpaired) electrons. The zero-order valence-electron chi connectivity index (χ0n) is 20.3. The summed E-state index contributed by atoms with van der Waals surface area (Å²) in [4.78, 5) is 28.0. The Labute approximate surface area is 214 Å². The molecule has 1 unspecified atom stereocenters. The molecule has 0 aromatic heterocycles. The number of carbonyl (C=O) groups is 2. The van der Waals surface area contributed by atoms with E-state index in [0.717, 1.165) is 0 Å². The fourth-order valence-corrected chi connectivity index (χ4v) is 4.32. The van der Waals surface area contributed by atoms with Gasteiger partial charge in [-0.15, -0.1) is 0 Å². The van der Waals surface area contributed by atoms with Gasteiger partial charge in [-0.1, -0.05) is 23.7 Å². The van der Waals surface area contributed by atoms with E-state index in [2.05, 4.69) is 0 Å². The lowest BCUT2D eigenvalue weighted by atomic mass is 9.95. The molecule has 1 amide bonds. The van der Waals surface area contributed by atoms with E-state index in [-0.39, 0.29) is 17.4 Å². The number of ketones is 1. The molecule has 8 heteroatoms. The van der Waals surface area contributed by atoms with Gasteiger partial charge < -0.3 is 19.3 Å². The molecular formula is C28H26ClNO6. The number of rotatable bonds is 7. The Morgan fingerprint density at radius 1 is 0.917 bits per heavy atom. The molecule has 1 fully saturated rings. The third-order valence-corrected chi connectivity index (χ3v) is 6.10. The standard InChI is InChI=1S/C28H26ClNO6/c1-16(2)36-21-10-5-17(6-11-21)25-24(26(31)18-7-14-22(29)23(15-18)35-4)27(32)28(33)30(25)19-8-12-20(34-3)13-9-19/h5-16,25,31H,1-4H3/b26-24-. The third-order valence-electron chi connectivity index (χ3n) is 5.79. The Kier molecular flexibility index (Phi) is 7.22. The number of nitrogens with zero attached hydrogens (tertiary/aromatic N) is 1. The first kappa shape index (κ1) is 25.1. The molecule has 36 heavy (non-hydrogen) atoms. The molecule has 1 heterocycles. The molecule has 0 spiro atoms. The summed E-state index contributed by atoms with van der Waals surface area (Å²) in [5, 5.41) is 11.7. The summed E-state index contributed by atoms with van der Waals surface area (Å²) in [6, 6.07) is 17.7. The van der Waals surface area contributed by atoms with E-state index in [1.54, 1.807) is 67.8 Å². The van der Waals surface area contributed by atoms with Crippen LogP contribution in [-0.2, 0) is 9.59 Å². The van der Waals surface area contributed by atoms with Crippen molar-refractivity contribution in [3.05, 3.63) is 88.5 Å². The van der Waals surface area contributed by atoms with Crippen LogP contribution in [0.4, 0.5) is 5.69 Å². The highest BCUT2D eigenvalue weighted by Crippen LogP contribution is 2.43. The second-order valence-electron chi connectivity index (χ2n) is 8.45. The Balaban J connectivity index is 1.89. The number of amides is 1. The lowest BCUT2D eigenvalue weighted by Crippen LogP contribution is -2.29. The van der Waals surface area contributed by atoms with Crippen LogP contribution >= 0.6 is 11.6 Å². The minimum absolute atomic E-state index is 0.0133. The number of benzene rings is 3. The molecule has 7 nitrogen and oxygen atoms in total. The van der Waals surface area contributed by atoms with Gasteiger partial charge in [0.05, 0.1) is 37.0 Å². The molecule has 3 aromatic carbocycles. The summed E-state index contributed by atoms with van der Waals surface area (Å²) in [6.07, 6.45) is -0.0133. The summed E-state index contributed by atoms with van der Waals surface area (Å²) in [5.41, 5.74) is 1.37. The van der Waals surface area contributed by atoms with Gasteiger partial charge in [0.2, 0.25) is 0 Å². The summed E-state index contributed by atoms with van der Waals surface area (Å²) in [7, 11) is 3.00. The monoisotopic (exact) mass is 507 g/mol. The first-order valence-electron chi connectivity index (χ1n) is 11.3. The van der Waals surface area contributed by atoms with Crippen molar-refractivity contribution in [3.63, 3.8) is 0 Å². The minimum Gasteiger partial charge on any atom is -0.507 e. The average Bonchev–Trinajstić information content (AvgIpc) is 3.14. The second-order valence-corrected chi connectivity index (χ2v) is 8.86. The summed E-state index contributed by atoms with van der Waals surface area (Å²) in [5.74, 6) is -0.295. The van der Waals surface area contributed by atoms with Crippen LogP contribution < -0.4 is 19.1 Å². The normalized spacial score (nSPS) is 16.9. The van der Waals surface area contributed by atoms with Crippen molar-refractivity contribution in [2.45, 2.75) is 26.0 Å². The Morgan fingerprint density at radius 3 is 2.14 bits per heavy atom. The van der Waals surface area contributed by atoms with Gasteiger partial charge in [-0.3, -0.25) is 14.5 Å². The Morgan fingerprint density at radius 2 is 1.56 bits per heavy atom. The number of ether oxygens (including phenoxy) is 3. The van der Waals surface area contributed by atoms with Crippen LogP contribution in [0.2, 0.25) is 5.02 Å². The molecule has 1 aliphatic heterocycles. The van der Waals surface area contributed by atoms with Gasteiger partial charge in [-0.25, -0.2) is 0 Å². The minimum atomic E-state index is -0.881. The number of aliphatic hydroxyl groups excluding tert-OH is 1. The maximum Gasteiger partial charge on any atom is 0.300 e. The van der Waals surface area contributed by atoms with Gasteiger partial charge in [-0.05, 0) is 74.0 Å². The molecule has 186 valence electrons. The number of anilines is 1. The van der Waals surface area contributed by atoms with Crippen molar-refractivity contribution >= 4 is 34.7 Å². The number of hydrogen-bond donors (Lipinski definition) is 1. The summed E-state index contributed by atoms with van der Waals surface area (Å²) >= 11 is 6.14.